The number of nitrogens with zero attached hydrogens (tertiary/aromatic N) is 1. The number of aliphatic hydroxyl groups excluding tert-OH is 1. The molecular weight excluding hydrogens is 280 g/mol. The Morgan fingerprint density at radius 2 is 2.00 bits per heavy atom. The fraction of sp³-hybridized carbons (Fsp3) is 0.538. The standard InChI is InChI=1S/C13H21BrN2O/c1-3-15-8-13(17)10-16(2)9-11-4-6-12(14)7-5-11/h4-7,13,15,17H,3,8-10H2,1-2H3. The molecule has 17 heavy (non-hydrogen) atoms. The van der Waals surface area contributed by atoms with E-state index in [1.807, 2.05) is 26.1 Å². The highest BCUT2D eigenvalue weighted by atomic mass is 79.9. The maximum Gasteiger partial charge on any atom is 0.0791 e. The van der Waals surface area contributed by atoms with Crippen LogP contribution in [-0.2, 0) is 6.54 Å². The summed E-state index contributed by atoms with van der Waals surface area (Å²) < 4.78 is 1.09. The number of hydrogen-bond donors (Lipinski definition) is 2. The van der Waals surface area contributed by atoms with Crippen LogP contribution in [0.4, 0.5) is 0 Å². The van der Waals surface area contributed by atoms with E-state index in [0.29, 0.717) is 13.1 Å². The second-order valence-electron chi connectivity index (χ2n) is 4.28. The topological polar surface area (TPSA) is 35.5 Å². The van der Waals surface area contributed by atoms with Crippen molar-refractivity contribution in [3.05, 3.63) is 34.3 Å². The zero-order valence-corrected chi connectivity index (χ0v) is 12.1. The molecule has 0 spiro atoms. The number of benzene rings is 1. The molecular formula is C13H21BrN2O. The second-order valence-corrected chi connectivity index (χ2v) is 5.20. The van der Waals surface area contributed by atoms with Crippen LogP contribution in [0.15, 0.2) is 28.7 Å². The van der Waals surface area contributed by atoms with Gasteiger partial charge in [-0.25, -0.2) is 0 Å². The van der Waals surface area contributed by atoms with Crippen molar-refractivity contribution in [3.63, 3.8) is 0 Å². The van der Waals surface area contributed by atoms with E-state index in [1.54, 1.807) is 0 Å². The average molecular weight is 301 g/mol. The van der Waals surface area contributed by atoms with Crippen molar-refractivity contribution in [2.45, 2.75) is 19.6 Å². The van der Waals surface area contributed by atoms with Gasteiger partial charge in [-0.15, -0.1) is 0 Å². The third-order valence-electron chi connectivity index (χ3n) is 2.52. The van der Waals surface area contributed by atoms with Gasteiger partial charge in [-0.05, 0) is 31.3 Å². The van der Waals surface area contributed by atoms with Crippen molar-refractivity contribution in [3.8, 4) is 0 Å². The average Bonchev–Trinajstić information content (AvgIpc) is 2.29. The first-order valence-corrected chi connectivity index (χ1v) is 6.73. The highest BCUT2D eigenvalue weighted by molar-refractivity contribution is 9.10. The first-order valence-electron chi connectivity index (χ1n) is 5.93. The molecule has 2 N–H and O–H groups in total. The van der Waals surface area contributed by atoms with E-state index < -0.39 is 0 Å². The summed E-state index contributed by atoms with van der Waals surface area (Å²) in [5.74, 6) is 0. The molecule has 0 fully saturated rings. The van der Waals surface area contributed by atoms with Crippen molar-refractivity contribution in [1.82, 2.24) is 10.2 Å². The Bertz CT molecular complexity index is 316. The molecule has 1 rings (SSSR count). The number of likely N-dealkylation sites (N-methyl/N-ethyl adjacent to an activating group) is 2. The number of aliphatic hydroxyl groups is 1. The van der Waals surface area contributed by atoms with Crippen molar-refractivity contribution in [1.29, 1.82) is 0 Å². The molecule has 0 heterocycles. The minimum absolute atomic E-state index is 0.310. The molecule has 0 aromatic heterocycles. The van der Waals surface area contributed by atoms with Gasteiger partial charge in [0.25, 0.3) is 0 Å². The number of nitrogens with one attached hydrogen (secondary N) is 1. The van der Waals surface area contributed by atoms with E-state index in [0.717, 1.165) is 17.6 Å². The maximum atomic E-state index is 9.76. The van der Waals surface area contributed by atoms with Crippen LogP contribution in [0.2, 0.25) is 0 Å². The zero-order valence-electron chi connectivity index (χ0n) is 10.5. The number of halogens is 1. The van der Waals surface area contributed by atoms with Crippen molar-refractivity contribution in [2.24, 2.45) is 0 Å². The molecule has 1 atom stereocenters. The third-order valence-corrected chi connectivity index (χ3v) is 3.05. The van der Waals surface area contributed by atoms with E-state index in [1.165, 1.54) is 5.56 Å². The molecule has 3 nitrogen and oxygen atoms in total. The fourth-order valence-electron chi connectivity index (χ4n) is 1.70. The Kier molecular flexibility index (Phi) is 6.73. The minimum atomic E-state index is -0.310. The Balaban J connectivity index is 2.33. The van der Waals surface area contributed by atoms with Gasteiger partial charge in [-0.1, -0.05) is 35.0 Å². The van der Waals surface area contributed by atoms with Gasteiger partial charge in [0, 0.05) is 24.1 Å². The van der Waals surface area contributed by atoms with Crippen LogP contribution in [0, 0.1) is 0 Å². The van der Waals surface area contributed by atoms with Crippen LogP contribution < -0.4 is 5.32 Å². The third kappa shape index (κ3) is 6.17. The van der Waals surface area contributed by atoms with Crippen LogP contribution in [-0.4, -0.2) is 42.8 Å². The summed E-state index contributed by atoms with van der Waals surface area (Å²) in [5.41, 5.74) is 1.26. The maximum absolute atomic E-state index is 9.76. The van der Waals surface area contributed by atoms with Gasteiger partial charge in [0.1, 0.15) is 0 Å². The van der Waals surface area contributed by atoms with E-state index in [9.17, 15) is 5.11 Å². The summed E-state index contributed by atoms with van der Waals surface area (Å²) in [6.45, 7) is 5.13. The van der Waals surface area contributed by atoms with Gasteiger partial charge in [0.15, 0.2) is 0 Å². The van der Waals surface area contributed by atoms with E-state index in [-0.39, 0.29) is 6.10 Å². The van der Waals surface area contributed by atoms with E-state index in [4.69, 9.17) is 0 Å². The van der Waals surface area contributed by atoms with Gasteiger partial charge in [0.2, 0.25) is 0 Å². The molecule has 0 aliphatic rings. The van der Waals surface area contributed by atoms with Crippen LogP contribution >= 0.6 is 15.9 Å². The van der Waals surface area contributed by atoms with Crippen LogP contribution in [0.5, 0.6) is 0 Å². The van der Waals surface area contributed by atoms with Gasteiger partial charge in [-0.2, -0.15) is 0 Å². The van der Waals surface area contributed by atoms with Crippen LogP contribution in [0.1, 0.15) is 12.5 Å². The minimum Gasteiger partial charge on any atom is -0.390 e. The lowest BCUT2D eigenvalue weighted by molar-refractivity contribution is 0.122. The number of rotatable bonds is 7. The second kappa shape index (κ2) is 7.82. The summed E-state index contributed by atoms with van der Waals surface area (Å²) in [7, 11) is 2.03. The van der Waals surface area contributed by atoms with Crippen molar-refractivity contribution < 1.29 is 5.11 Å². The molecule has 1 unspecified atom stereocenters. The number of hydrogen-bond acceptors (Lipinski definition) is 3. The van der Waals surface area contributed by atoms with Crippen LogP contribution in [0.25, 0.3) is 0 Å². The molecule has 4 heteroatoms. The Labute approximate surface area is 112 Å². The SMILES string of the molecule is CCNCC(O)CN(C)Cc1ccc(Br)cc1. The van der Waals surface area contributed by atoms with Crippen LogP contribution in [0.3, 0.4) is 0 Å². The van der Waals surface area contributed by atoms with E-state index in [2.05, 4.69) is 38.3 Å². The predicted molar refractivity (Wildman–Crippen MR) is 75.0 cm³/mol. The zero-order chi connectivity index (χ0) is 12.7. The highest BCUT2D eigenvalue weighted by Gasteiger charge is 2.07. The van der Waals surface area contributed by atoms with Gasteiger partial charge >= 0.3 is 0 Å². The summed E-state index contributed by atoms with van der Waals surface area (Å²) in [4.78, 5) is 2.13. The van der Waals surface area contributed by atoms with Crippen molar-refractivity contribution >= 4 is 15.9 Å². The van der Waals surface area contributed by atoms with Gasteiger partial charge in [0.05, 0.1) is 6.10 Å². The quantitative estimate of drug-likeness (QED) is 0.807. The van der Waals surface area contributed by atoms with Gasteiger partial charge < -0.3 is 10.4 Å². The molecule has 0 aliphatic carbocycles. The predicted octanol–water partition coefficient (Wildman–Crippen LogP) is 1.85. The fourth-order valence-corrected chi connectivity index (χ4v) is 1.97. The molecule has 1 aromatic carbocycles. The molecule has 0 saturated carbocycles. The molecule has 0 radical (unpaired) electrons. The smallest absolute Gasteiger partial charge is 0.0791 e. The lowest BCUT2D eigenvalue weighted by Gasteiger charge is -2.20. The monoisotopic (exact) mass is 300 g/mol. The molecule has 0 bridgehead atoms. The molecule has 1 aromatic rings. The van der Waals surface area contributed by atoms with Crippen molar-refractivity contribution in [2.75, 3.05) is 26.7 Å². The summed E-state index contributed by atoms with van der Waals surface area (Å²) in [6.07, 6.45) is -0.310. The Morgan fingerprint density at radius 1 is 1.35 bits per heavy atom. The first kappa shape index (κ1) is 14.6. The van der Waals surface area contributed by atoms with E-state index >= 15 is 0 Å². The molecule has 0 saturated heterocycles. The summed E-state index contributed by atoms with van der Waals surface area (Å²) in [5, 5.41) is 12.9. The molecule has 96 valence electrons. The Hall–Kier alpha value is -0.420. The normalized spacial score (nSPS) is 13.0. The summed E-state index contributed by atoms with van der Waals surface area (Å²) in [6, 6.07) is 8.27. The first-order chi connectivity index (χ1) is 8.11. The summed E-state index contributed by atoms with van der Waals surface area (Å²) >= 11 is 3.42. The highest BCUT2D eigenvalue weighted by Crippen LogP contribution is 2.11. The Morgan fingerprint density at radius 3 is 2.59 bits per heavy atom. The molecule has 0 amide bonds. The van der Waals surface area contributed by atoms with Gasteiger partial charge in [-0.3, -0.25) is 4.90 Å². The largest absolute Gasteiger partial charge is 0.390 e. The molecule has 0 aliphatic heterocycles. The lowest BCUT2D eigenvalue weighted by Crippen LogP contribution is -2.36. The lowest BCUT2D eigenvalue weighted by atomic mass is 10.2.